The number of nitrogens with one attached hydrogen (secondary N) is 1. The van der Waals surface area contributed by atoms with Crippen LogP contribution >= 0.6 is 23.2 Å². The molecule has 1 aliphatic heterocycles. The quantitative estimate of drug-likeness (QED) is 0.220. The van der Waals surface area contributed by atoms with E-state index in [0.29, 0.717) is 29.9 Å². The summed E-state index contributed by atoms with van der Waals surface area (Å²) in [5.74, 6) is -2.54. The fraction of sp³-hybridized carbons (Fsp3) is 0.267. The van der Waals surface area contributed by atoms with E-state index in [-0.39, 0.29) is 34.7 Å². The Morgan fingerprint density at radius 1 is 1.05 bits per heavy atom. The van der Waals surface area contributed by atoms with Gasteiger partial charge in [-0.1, -0.05) is 41.4 Å². The molecule has 2 aliphatic rings. The van der Waals surface area contributed by atoms with Crippen molar-refractivity contribution >= 4 is 51.8 Å². The van der Waals surface area contributed by atoms with Gasteiger partial charge in [-0.2, -0.15) is 0 Å². The predicted octanol–water partition coefficient (Wildman–Crippen LogP) is 8.19. The number of aromatic hydroxyl groups is 1. The molecule has 0 bridgehead atoms. The Bertz CT molecular complexity index is 1570. The van der Waals surface area contributed by atoms with Crippen LogP contribution in [0.1, 0.15) is 46.8 Å². The van der Waals surface area contributed by atoms with Gasteiger partial charge in [0, 0.05) is 36.5 Å². The molecule has 4 aromatic rings. The molecule has 1 aromatic heterocycles. The molecule has 1 saturated heterocycles. The summed E-state index contributed by atoms with van der Waals surface area (Å²) in [5, 5.41) is 14.5. The van der Waals surface area contributed by atoms with Gasteiger partial charge in [-0.15, -0.1) is 0 Å². The second-order valence-corrected chi connectivity index (χ2v) is 11.2. The first-order valence-corrected chi connectivity index (χ1v) is 13.5. The highest BCUT2D eigenvalue weighted by molar-refractivity contribution is 6.37. The van der Waals surface area contributed by atoms with E-state index in [1.54, 1.807) is 17.0 Å². The van der Waals surface area contributed by atoms with Gasteiger partial charge in [0.1, 0.15) is 0 Å². The fourth-order valence-electron chi connectivity index (χ4n) is 5.17. The lowest BCUT2D eigenvalue weighted by Crippen LogP contribution is -2.24. The zero-order chi connectivity index (χ0) is 27.3. The van der Waals surface area contributed by atoms with Crippen molar-refractivity contribution in [1.82, 2.24) is 9.88 Å². The maximum Gasteiger partial charge on any atom is 0.261 e. The summed E-state index contributed by atoms with van der Waals surface area (Å²) in [5.41, 5.74) is 5.93. The number of fused-ring (bicyclic) bond motifs is 1. The topological polar surface area (TPSA) is 65.5 Å². The van der Waals surface area contributed by atoms with Gasteiger partial charge in [0.25, 0.3) is 5.92 Å². The number of halogens is 4. The van der Waals surface area contributed by atoms with E-state index in [9.17, 15) is 18.7 Å². The van der Waals surface area contributed by atoms with Crippen molar-refractivity contribution in [2.75, 3.05) is 18.4 Å². The first-order valence-electron chi connectivity index (χ1n) is 12.8. The van der Waals surface area contributed by atoms with Crippen LogP contribution in [0.2, 0.25) is 10.0 Å². The maximum absolute atomic E-state index is 13.6. The van der Waals surface area contributed by atoms with Crippen LogP contribution in [0.5, 0.6) is 5.75 Å². The monoisotopic (exact) mass is 567 g/mol. The Labute approximate surface area is 234 Å². The third kappa shape index (κ3) is 5.31. The lowest BCUT2D eigenvalue weighted by Gasteiger charge is -2.18. The molecule has 1 aliphatic carbocycles. The number of pyridine rings is 1. The maximum atomic E-state index is 13.6. The van der Waals surface area contributed by atoms with Gasteiger partial charge in [-0.3, -0.25) is 14.7 Å². The number of phenols is 1. The van der Waals surface area contributed by atoms with Crippen molar-refractivity contribution in [3.63, 3.8) is 0 Å². The molecule has 0 amide bonds. The molecule has 0 radical (unpaired) electrons. The SMILES string of the molecule is O=Cc1c(C2CC2)nc2ccc(-c3cc(Cl)c(O)c(Cl)c3)cc2c1Nc1ccc(CN2CCC(F)(F)C2)cc1. The number of rotatable bonds is 7. The number of likely N-dealkylation sites (tertiary alicyclic amines) is 1. The summed E-state index contributed by atoms with van der Waals surface area (Å²) in [6.45, 7) is 0.617. The minimum Gasteiger partial charge on any atom is -0.505 e. The van der Waals surface area contributed by atoms with Crippen LogP contribution in [0.25, 0.3) is 22.0 Å². The number of hydrogen-bond donors (Lipinski definition) is 2. The molecule has 0 atom stereocenters. The van der Waals surface area contributed by atoms with E-state index in [1.165, 1.54) is 0 Å². The van der Waals surface area contributed by atoms with Gasteiger partial charge >= 0.3 is 0 Å². The van der Waals surface area contributed by atoms with Crippen molar-refractivity contribution in [3.8, 4) is 16.9 Å². The van der Waals surface area contributed by atoms with Gasteiger partial charge in [-0.05, 0) is 65.9 Å². The van der Waals surface area contributed by atoms with Crippen LogP contribution in [-0.4, -0.2) is 40.3 Å². The molecule has 200 valence electrons. The second kappa shape index (κ2) is 10.0. The highest BCUT2D eigenvalue weighted by Gasteiger charge is 2.37. The molecular formula is C30H25Cl2F2N3O2. The summed E-state index contributed by atoms with van der Waals surface area (Å²) in [7, 11) is 0. The largest absolute Gasteiger partial charge is 0.505 e. The van der Waals surface area contributed by atoms with Gasteiger partial charge in [0.05, 0.1) is 39.1 Å². The summed E-state index contributed by atoms with van der Waals surface area (Å²) >= 11 is 12.3. The zero-order valence-electron chi connectivity index (χ0n) is 20.9. The predicted molar refractivity (Wildman–Crippen MR) is 151 cm³/mol. The molecule has 1 saturated carbocycles. The Morgan fingerprint density at radius 3 is 2.38 bits per heavy atom. The average molecular weight is 568 g/mol. The van der Waals surface area contributed by atoms with Gasteiger partial charge in [0.15, 0.2) is 12.0 Å². The van der Waals surface area contributed by atoms with Crippen LogP contribution in [0.15, 0.2) is 54.6 Å². The third-order valence-electron chi connectivity index (χ3n) is 7.36. The third-order valence-corrected chi connectivity index (χ3v) is 7.94. The average Bonchev–Trinajstić information content (AvgIpc) is 3.70. The summed E-state index contributed by atoms with van der Waals surface area (Å²) in [6, 6.07) is 16.6. The number of hydrogen-bond acceptors (Lipinski definition) is 5. The minimum atomic E-state index is -2.62. The Balaban J connectivity index is 1.38. The number of carbonyl (C=O) groups excluding carboxylic acids is 1. The standard InChI is InChI=1S/C30H25Cl2F2N3O2/c31-24-12-20(13-25(32)29(24)39)19-5-8-26-22(11-19)28(23(15-38)27(36-26)18-3-4-18)35-21-6-1-17(2-7-21)14-37-10-9-30(33,34)16-37/h1-2,5-8,11-13,15,18,39H,3-4,9-10,14,16H2,(H,35,36). The van der Waals surface area contributed by atoms with Gasteiger partial charge in [-0.25, -0.2) is 8.78 Å². The number of aromatic nitrogens is 1. The molecule has 39 heavy (non-hydrogen) atoms. The van der Waals surface area contributed by atoms with Crippen LogP contribution < -0.4 is 5.32 Å². The second-order valence-electron chi connectivity index (χ2n) is 10.3. The Hall–Kier alpha value is -3.26. The number of nitrogens with zero attached hydrogens (tertiary/aromatic N) is 2. The molecule has 9 heteroatoms. The highest BCUT2D eigenvalue weighted by Crippen LogP contribution is 2.45. The highest BCUT2D eigenvalue weighted by atomic mass is 35.5. The number of carbonyl (C=O) groups is 1. The van der Waals surface area contributed by atoms with Crippen LogP contribution in [-0.2, 0) is 6.54 Å². The lowest BCUT2D eigenvalue weighted by atomic mass is 9.98. The number of phenolic OH excluding ortho intramolecular Hbond substituents is 1. The van der Waals surface area contributed by atoms with Crippen LogP contribution in [0, 0.1) is 0 Å². The molecule has 2 heterocycles. The van der Waals surface area contributed by atoms with Crippen molar-refractivity contribution in [2.45, 2.75) is 37.6 Å². The van der Waals surface area contributed by atoms with E-state index >= 15 is 0 Å². The number of anilines is 2. The molecule has 0 unspecified atom stereocenters. The van der Waals surface area contributed by atoms with Crippen LogP contribution in [0.4, 0.5) is 20.2 Å². The van der Waals surface area contributed by atoms with Crippen molar-refractivity contribution < 1.29 is 18.7 Å². The molecule has 0 spiro atoms. The smallest absolute Gasteiger partial charge is 0.261 e. The van der Waals surface area contributed by atoms with Crippen LogP contribution in [0.3, 0.4) is 0 Å². The molecule has 2 fully saturated rings. The van der Waals surface area contributed by atoms with E-state index in [1.807, 2.05) is 42.5 Å². The molecular weight excluding hydrogens is 543 g/mol. The van der Waals surface area contributed by atoms with E-state index < -0.39 is 5.92 Å². The summed E-state index contributed by atoms with van der Waals surface area (Å²) in [4.78, 5) is 19.0. The van der Waals surface area contributed by atoms with Crippen molar-refractivity contribution in [2.24, 2.45) is 0 Å². The van der Waals surface area contributed by atoms with Gasteiger partial charge < -0.3 is 10.4 Å². The first-order chi connectivity index (χ1) is 18.7. The molecule has 5 nitrogen and oxygen atoms in total. The van der Waals surface area contributed by atoms with Crippen molar-refractivity contribution in [1.29, 1.82) is 0 Å². The number of aldehydes is 1. The lowest BCUT2D eigenvalue weighted by molar-refractivity contribution is 0.0115. The summed E-state index contributed by atoms with van der Waals surface area (Å²) in [6.07, 6.45) is 2.73. The van der Waals surface area contributed by atoms with E-state index in [2.05, 4.69) is 5.32 Å². The Morgan fingerprint density at radius 2 is 1.77 bits per heavy atom. The van der Waals surface area contributed by atoms with Gasteiger partial charge in [0.2, 0.25) is 0 Å². The molecule has 2 N–H and O–H groups in total. The first kappa shape index (κ1) is 26.0. The summed E-state index contributed by atoms with van der Waals surface area (Å²) < 4.78 is 27.2. The van der Waals surface area contributed by atoms with E-state index in [0.717, 1.165) is 52.5 Å². The minimum absolute atomic E-state index is 0.107. The zero-order valence-corrected chi connectivity index (χ0v) is 22.4. The fourth-order valence-corrected chi connectivity index (χ4v) is 5.66. The van der Waals surface area contributed by atoms with Crippen molar-refractivity contribution in [3.05, 3.63) is 81.5 Å². The normalized spacial score (nSPS) is 17.0. The Kier molecular flexibility index (Phi) is 6.69. The number of benzene rings is 3. The number of alkyl halides is 2. The molecule has 3 aromatic carbocycles. The molecule has 6 rings (SSSR count). The van der Waals surface area contributed by atoms with E-state index in [4.69, 9.17) is 28.2 Å².